The largest absolute Gasteiger partial charge is 0.383 e. The summed E-state index contributed by atoms with van der Waals surface area (Å²) in [7, 11) is 0. The number of anilines is 1. The minimum absolute atomic E-state index is 0.0336. The molecule has 1 aliphatic rings. The minimum Gasteiger partial charge on any atom is -0.383 e. The van der Waals surface area contributed by atoms with Gasteiger partial charge in [-0.2, -0.15) is 5.26 Å². The van der Waals surface area contributed by atoms with Gasteiger partial charge in [-0.25, -0.2) is 0 Å². The molecule has 0 bridgehead atoms. The van der Waals surface area contributed by atoms with Gasteiger partial charge in [-0.05, 0) is 36.6 Å². The summed E-state index contributed by atoms with van der Waals surface area (Å²) >= 11 is 5.97. The Hall–Kier alpha value is -2.02. The van der Waals surface area contributed by atoms with Crippen LogP contribution in [0.2, 0.25) is 5.02 Å². The summed E-state index contributed by atoms with van der Waals surface area (Å²) in [4.78, 5) is 0. The lowest BCUT2D eigenvalue weighted by molar-refractivity contribution is 0.0544. The molecule has 0 radical (unpaired) electrons. The first kappa shape index (κ1) is 15.9. The Kier molecular flexibility index (Phi) is 4.85. The molecule has 3 nitrogen and oxygen atoms in total. The Morgan fingerprint density at radius 3 is 2.57 bits per heavy atom. The molecule has 4 heteroatoms. The van der Waals surface area contributed by atoms with Gasteiger partial charge in [0.05, 0.1) is 11.3 Å². The molecule has 0 atom stereocenters. The number of rotatable bonds is 4. The molecule has 2 aromatic carbocycles. The van der Waals surface area contributed by atoms with Crippen molar-refractivity contribution >= 4 is 17.3 Å². The van der Waals surface area contributed by atoms with E-state index in [9.17, 15) is 5.26 Å². The van der Waals surface area contributed by atoms with Gasteiger partial charge in [-0.1, -0.05) is 41.9 Å². The molecule has 1 heterocycles. The molecule has 0 amide bonds. The summed E-state index contributed by atoms with van der Waals surface area (Å²) in [6, 6.07) is 18.1. The number of ether oxygens (including phenoxy) is 1. The number of halogens is 1. The van der Waals surface area contributed by atoms with E-state index in [0.29, 0.717) is 10.6 Å². The fraction of sp³-hybridized carbons (Fsp3) is 0.316. The zero-order valence-electron chi connectivity index (χ0n) is 12.9. The van der Waals surface area contributed by atoms with Crippen LogP contribution in [0.3, 0.4) is 0 Å². The summed E-state index contributed by atoms with van der Waals surface area (Å²) in [5.74, 6) is 0. The van der Waals surface area contributed by atoms with Crippen LogP contribution < -0.4 is 5.32 Å². The van der Waals surface area contributed by atoms with E-state index in [1.165, 1.54) is 5.56 Å². The van der Waals surface area contributed by atoms with Crippen molar-refractivity contribution in [3.63, 3.8) is 0 Å². The quantitative estimate of drug-likeness (QED) is 0.907. The number of nitrogens with one attached hydrogen (secondary N) is 1. The maximum Gasteiger partial charge on any atom is 0.101 e. The topological polar surface area (TPSA) is 45.0 Å². The second-order valence-corrected chi connectivity index (χ2v) is 6.35. The average Bonchev–Trinajstić information content (AvgIpc) is 2.62. The third-order valence-electron chi connectivity index (χ3n) is 4.56. The maximum absolute atomic E-state index is 9.29. The van der Waals surface area contributed by atoms with Crippen LogP contribution in [0.25, 0.3) is 0 Å². The maximum atomic E-state index is 9.29. The van der Waals surface area contributed by atoms with Gasteiger partial charge in [-0.15, -0.1) is 0 Å². The molecular weight excluding hydrogens is 308 g/mol. The molecule has 0 aromatic heterocycles. The average molecular weight is 327 g/mol. The Morgan fingerprint density at radius 2 is 1.87 bits per heavy atom. The van der Waals surface area contributed by atoms with E-state index in [-0.39, 0.29) is 5.41 Å². The van der Waals surface area contributed by atoms with Crippen molar-refractivity contribution in [1.82, 2.24) is 0 Å². The van der Waals surface area contributed by atoms with E-state index in [2.05, 4.69) is 35.7 Å². The molecule has 0 saturated carbocycles. The molecule has 23 heavy (non-hydrogen) atoms. The molecule has 0 spiro atoms. The van der Waals surface area contributed by atoms with Crippen molar-refractivity contribution in [3.05, 3.63) is 64.7 Å². The second kappa shape index (κ2) is 7.04. The van der Waals surface area contributed by atoms with Crippen LogP contribution in [0.1, 0.15) is 24.0 Å². The Bertz CT molecular complexity index is 703. The van der Waals surface area contributed by atoms with Crippen LogP contribution >= 0.6 is 11.6 Å². The zero-order valence-corrected chi connectivity index (χ0v) is 13.6. The number of hydrogen-bond donors (Lipinski definition) is 1. The lowest BCUT2D eigenvalue weighted by Gasteiger charge is -2.38. The lowest BCUT2D eigenvalue weighted by Crippen LogP contribution is -2.40. The molecule has 1 aliphatic heterocycles. The fourth-order valence-corrected chi connectivity index (χ4v) is 3.32. The van der Waals surface area contributed by atoms with Gasteiger partial charge in [0.1, 0.15) is 6.07 Å². The molecule has 1 saturated heterocycles. The standard InChI is InChI=1S/C19H19ClN2O/c20-17-6-7-18(15(12-17)13-21)22-14-19(8-10-23-11-9-19)16-4-2-1-3-5-16/h1-7,12,22H,8-11,14H2. The summed E-state index contributed by atoms with van der Waals surface area (Å²) in [6.45, 7) is 2.31. The third-order valence-corrected chi connectivity index (χ3v) is 4.79. The van der Waals surface area contributed by atoms with Gasteiger partial charge in [0, 0.05) is 30.2 Å². The number of nitrogens with zero attached hydrogens (tertiary/aromatic N) is 1. The van der Waals surface area contributed by atoms with Gasteiger partial charge >= 0.3 is 0 Å². The van der Waals surface area contributed by atoms with Crippen LogP contribution in [0.5, 0.6) is 0 Å². The van der Waals surface area contributed by atoms with Crippen LogP contribution in [0, 0.1) is 11.3 Å². The first-order valence-electron chi connectivity index (χ1n) is 7.80. The first-order chi connectivity index (χ1) is 11.2. The zero-order chi connectivity index (χ0) is 16.1. The Balaban J connectivity index is 1.85. The smallest absolute Gasteiger partial charge is 0.101 e. The molecule has 0 unspecified atom stereocenters. The Labute approximate surface area is 141 Å². The van der Waals surface area contributed by atoms with Gasteiger partial charge in [0.15, 0.2) is 0 Å². The highest BCUT2D eigenvalue weighted by Crippen LogP contribution is 2.35. The molecule has 2 aromatic rings. The summed E-state index contributed by atoms with van der Waals surface area (Å²) < 4.78 is 5.56. The van der Waals surface area contributed by atoms with Crippen molar-refractivity contribution in [1.29, 1.82) is 5.26 Å². The number of hydrogen-bond acceptors (Lipinski definition) is 3. The number of nitriles is 1. The van der Waals surface area contributed by atoms with Crippen LogP contribution in [-0.4, -0.2) is 19.8 Å². The van der Waals surface area contributed by atoms with Crippen LogP contribution in [-0.2, 0) is 10.2 Å². The lowest BCUT2D eigenvalue weighted by atomic mass is 9.74. The van der Waals surface area contributed by atoms with Gasteiger partial charge in [0.2, 0.25) is 0 Å². The summed E-state index contributed by atoms with van der Waals surface area (Å²) in [5, 5.41) is 13.3. The van der Waals surface area contributed by atoms with E-state index in [4.69, 9.17) is 16.3 Å². The number of benzene rings is 2. The van der Waals surface area contributed by atoms with Crippen molar-refractivity contribution in [2.75, 3.05) is 25.1 Å². The molecule has 1 N–H and O–H groups in total. The highest BCUT2D eigenvalue weighted by molar-refractivity contribution is 6.30. The molecule has 0 aliphatic carbocycles. The van der Waals surface area contributed by atoms with Gasteiger partial charge < -0.3 is 10.1 Å². The van der Waals surface area contributed by atoms with Crippen LogP contribution in [0.15, 0.2) is 48.5 Å². The fourth-order valence-electron chi connectivity index (χ4n) is 3.15. The van der Waals surface area contributed by atoms with E-state index >= 15 is 0 Å². The van der Waals surface area contributed by atoms with Gasteiger partial charge in [-0.3, -0.25) is 0 Å². The van der Waals surface area contributed by atoms with E-state index in [1.807, 2.05) is 18.2 Å². The van der Waals surface area contributed by atoms with Crippen molar-refractivity contribution in [2.45, 2.75) is 18.3 Å². The predicted molar refractivity (Wildman–Crippen MR) is 92.8 cm³/mol. The van der Waals surface area contributed by atoms with E-state index in [0.717, 1.165) is 38.3 Å². The van der Waals surface area contributed by atoms with E-state index in [1.54, 1.807) is 6.07 Å². The second-order valence-electron chi connectivity index (χ2n) is 5.91. The highest BCUT2D eigenvalue weighted by Gasteiger charge is 2.34. The summed E-state index contributed by atoms with van der Waals surface area (Å²) in [6.07, 6.45) is 1.94. The first-order valence-corrected chi connectivity index (χ1v) is 8.18. The molecule has 3 rings (SSSR count). The van der Waals surface area contributed by atoms with Crippen molar-refractivity contribution < 1.29 is 4.74 Å². The Morgan fingerprint density at radius 1 is 1.13 bits per heavy atom. The van der Waals surface area contributed by atoms with Crippen molar-refractivity contribution in [3.8, 4) is 6.07 Å². The molecule has 118 valence electrons. The third kappa shape index (κ3) is 3.50. The van der Waals surface area contributed by atoms with E-state index < -0.39 is 0 Å². The SMILES string of the molecule is N#Cc1cc(Cl)ccc1NCC1(c2ccccc2)CCOCC1. The van der Waals surface area contributed by atoms with Gasteiger partial charge in [0.25, 0.3) is 0 Å². The minimum atomic E-state index is 0.0336. The monoisotopic (exact) mass is 326 g/mol. The predicted octanol–water partition coefficient (Wildman–Crippen LogP) is 4.37. The molecular formula is C19H19ClN2O. The highest BCUT2D eigenvalue weighted by atomic mass is 35.5. The van der Waals surface area contributed by atoms with Crippen molar-refractivity contribution in [2.24, 2.45) is 0 Å². The van der Waals surface area contributed by atoms with Crippen LogP contribution in [0.4, 0.5) is 5.69 Å². The normalized spacial score (nSPS) is 16.5. The molecule has 1 fully saturated rings. The summed E-state index contributed by atoms with van der Waals surface area (Å²) in [5.41, 5.74) is 2.76.